The predicted molar refractivity (Wildman–Crippen MR) is 139 cm³/mol. The Bertz CT molecular complexity index is 1010. The van der Waals surface area contributed by atoms with E-state index in [1.807, 2.05) is 19.9 Å². The predicted octanol–water partition coefficient (Wildman–Crippen LogP) is 5.17. The van der Waals surface area contributed by atoms with Crippen LogP contribution in [-0.4, -0.2) is 56.7 Å². The Morgan fingerprint density at radius 3 is 2.40 bits per heavy atom. The quantitative estimate of drug-likeness (QED) is 0.549. The number of rotatable bonds is 4. The van der Waals surface area contributed by atoms with Gasteiger partial charge in [0.2, 0.25) is 0 Å². The van der Waals surface area contributed by atoms with Crippen LogP contribution >= 0.6 is 0 Å². The standard InChI is InChI=1S/C30H47NO4/c1-9-30(34)22(28(8,33)26(4,5)6)16-27(7)19(3)31(17-20-11-12-20)15-14-29(27)23-18(2)10-13-21(32)24(23)35-25(29)30/h10,13,19-20,22,25,32-34H,9,11-12,14-17H2,1-8H3/t19-,22-,25-,27-,28+,29+,30?/m1/s1. The van der Waals surface area contributed by atoms with Crippen molar-refractivity contribution >= 4 is 0 Å². The molecule has 2 aliphatic heterocycles. The smallest absolute Gasteiger partial charge is 0.165 e. The second kappa shape index (κ2) is 7.61. The van der Waals surface area contributed by atoms with E-state index in [4.69, 9.17) is 4.74 Å². The third-order valence-corrected chi connectivity index (χ3v) is 11.4. The molecule has 3 fully saturated rings. The Morgan fingerprint density at radius 1 is 1.17 bits per heavy atom. The lowest BCUT2D eigenvalue weighted by atomic mass is 9.40. The summed E-state index contributed by atoms with van der Waals surface area (Å²) in [6, 6.07) is 3.98. The average Bonchev–Trinajstić information content (AvgIpc) is 3.52. The zero-order valence-corrected chi connectivity index (χ0v) is 23.1. The number of aryl methyl sites for hydroxylation is 1. The lowest BCUT2D eigenvalue weighted by Crippen LogP contribution is -2.77. The van der Waals surface area contributed by atoms with Gasteiger partial charge in [-0.25, -0.2) is 0 Å². The minimum Gasteiger partial charge on any atom is -0.504 e. The maximum Gasteiger partial charge on any atom is 0.165 e. The molecule has 0 amide bonds. The highest BCUT2D eigenvalue weighted by Crippen LogP contribution is 2.71. The van der Waals surface area contributed by atoms with E-state index in [9.17, 15) is 15.3 Å². The molecule has 2 heterocycles. The molecule has 0 bridgehead atoms. The van der Waals surface area contributed by atoms with Crippen molar-refractivity contribution in [3.05, 3.63) is 23.3 Å². The number of phenolic OH excluding ortho intramolecular Hbond substituents is 1. The van der Waals surface area contributed by atoms with Crippen molar-refractivity contribution in [1.29, 1.82) is 0 Å². The van der Waals surface area contributed by atoms with E-state index in [-0.39, 0.29) is 23.1 Å². The Kier molecular flexibility index (Phi) is 5.51. The van der Waals surface area contributed by atoms with Crippen LogP contribution < -0.4 is 4.74 Å². The molecule has 0 radical (unpaired) electrons. The molecule has 1 unspecified atom stereocenters. The van der Waals surface area contributed by atoms with Crippen LogP contribution in [-0.2, 0) is 5.41 Å². The van der Waals surface area contributed by atoms with Crippen molar-refractivity contribution in [2.24, 2.45) is 22.7 Å². The summed E-state index contributed by atoms with van der Waals surface area (Å²) in [5.41, 5.74) is -1.24. The van der Waals surface area contributed by atoms with E-state index in [2.05, 4.69) is 46.4 Å². The molecular weight excluding hydrogens is 438 g/mol. The Labute approximate surface area is 211 Å². The monoisotopic (exact) mass is 485 g/mol. The maximum atomic E-state index is 12.6. The van der Waals surface area contributed by atoms with Gasteiger partial charge in [0.05, 0.1) is 5.60 Å². The van der Waals surface area contributed by atoms with Crippen LogP contribution in [0.3, 0.4) is 0 Å². The molecule has 1 aromatic carbocycles. The second-order valence-electron chi connectivity index (χ2n) is 13.9. The van der Waals surface area contributed by atoms with Gasteiger partial charge in [-0.15, -0.1) is 0 Å². The summed E-state index contributed by atoms with van der Waals surface area (Å²) in [4.78, 5) is 2.66. The molecule has 196 valence electrons. The first-order chi connectivity index (χ1) is 16.1. The average molecular weight is 486 g/mol. The molecule has 2 aliphatic carbocycles. The number of hydrogen-bond donors (Lipinski definition) is 3. The fraction of sp³-hybridized carbons (Fsp3) is 0.800. The van der Waals surface area contributed by atoms with E-state index < -0.39 is 28.1 Å². The number of piperidine rings is 1. The summed E-state index contributed by atoms with van der Waals surface area (Å²) in [5, 5.41) is 35.7. The Hall–Kier alpha value is -1.30. The minimum absolute atomic E-state index is 0.155. The molecule has 5 rings (SSSR count). The first-order valence-corrected chi connectivity index (χ1v) is 13.8. The Morgan fingerprint density at radius 2 is 1.83 bits per heavy atom. The molecule has 1 spiro atoms. The van der Waals surface area contributed by atoms with E-state index in [1.165, 1.54) is 12.8 Å². The van der Waals surface area contributed by atoms with Crippen molar-refractivity contribution in [2.75, 3.05) is 13.1 Å². The molecule has 3 N–H and O–H groups in total. The van der Waals surface area contributed by atoms with Gasteiger partial charge in [-0.05, 0) is 87.8 Å². The number of fused-ring (bicyclic) bond motifs is 1. The van der Waals surface area contributed by atoms with Gasteiger partial charge in [0, 0.05) is 29.5 Å². The van der Waals surface area contributed by atoms with E-state index >= 15 is 0 Å². The highest BCUT2D eigenvalue weighted by atomic mass is 16.5. The number of likely N-dealkylation sites (tertiary alicyclic amines) is 1. The van der Waals surface area contributed by atoms with Crippen molar-refractivity contribution in [3.63, 3.8) is 0 Å². The number of benzene rings is 1. The highest BCUT2D eigenvalue weighted by Gasteiger charge is 2.76. The number of aliphatic hydroxyl groups is 2. The van der Waals surface area contributed by atoms with Crippen LogP contribution in [0.5, 0.6) is 11.5 Å². The van der Waals surface area contributed by atoms with Crippen LogP contribution in [0.15, 0.2) is 12.1 Å². The van der Waals surface area contributed by atoms with E-state index in [1.54, 1.807) is 6.07 Å². The first-order valence-electron chi connectivity index (χ1n) is 13.8. The molecule has 2 saturated carbocycles. The molecular formula is C30H47NO4. The van der Waals surface area contributed by atoms with Crippen LogP contribution in [0.1, 0.15) is 91.7 Å². The van der Waals surface area contributed by atoms with E-state index in [0.717, 1.165) is 36.6 Å². The lowest BCUT2D eigenvalue weighted by Gasteiger charge is -2.68. The summed E-state index contributed by atoms with van der Waals surface area (Å²) in [7, 11) is 0. The third-order valence-electron chi connectivity index (χ3n) is 11.4. The number of hydrogen-bond acceptors (Lipinski definition) is 5. The van der Waals surface area contributed by atoms with Crippen molar-refractivity contribution in [2.45, 2.75) is 116 Å². The molecule has 35 heavy (non-hydrogen) atoms. The van der Waals surface area contributed by atoms with Gasteiger partial charge in [-0.1, -0.05) is 40.7 Å². The molecule has 7 atom stereocenters. The zero-order chi connectivity index (χ0) is 25.8. The van der Waals surface area contributed by atoms with Gasteiger partial charge >= 0.3 is 0 Å². The SMILES string of the molecule is CCC1(O)[C@@H]([C@](C)(O)C(C)(C)C)C[C@]2(C)[C@@H](C)N(CC3CC3)CC[C@@]23c2c(C)ccc(O)c2O[C@@H]13. The number of phenols is 1. The topological polar surface area (TPSA) is 73.2 Å². The lowest BCUT2D eigenvalue weighted by molar-refractivity contribution is -0.266. The van der Waals surface area contributed by atoms with Crippen molar-refractivity contribution < 1.29 is 20.1 Å². The Balaban J connectivity index is 1.75. The summed E-state index contributed by atoms with van der Waals surface area (Å²) in [6.07, 6.45) is 4.20. The molecule has 5 nitrogen and oxygen atoms in total. The molecule has 4 aliphatic rings. The molecule has 0 aromatic heterocycles. The fourth-order valence-electron chi connectivity index (χ4n) is 8.30. The summed E-state index contributed by atoms with van der Waals surface area (Å²) < 4.78 is 6.74. The summed E-state index contributed by atoms with van der Waals surface area (Å²) in [5.74, 6) is 1.13. The summed E-state index contributed by atoms with van der Waals surface area (Å²) in [6.45, 7) is 19.1. The van der Waals surface area contributed by atoms with Crippen LogP contribution in [0.25, 0.3) is 0 Å². The normalized spacial score (nSPS) is 40.9. The molecule has 1 aromatic rings. The molecule has 1 saturated heterocycles. The minimum atomic E-state index is -1.23. The van der Waals surface area contributed by atoms with Crippen molar-refractivity contribution in [1.82, 2.24) is 4.90 Å². The van der Waals surface area contributed by atoms with Crippen LogP contribution in [0.4, 0.5) is 0 Å². The van der Waals surface area contributed by atoms with Gasteiger partial charge in [0.15, 0.2) is 11.5 Å². The first kappa shape index (κ1) is 25.4. The highest BCUT2D eigenvalue weighted by molar-refractivity contribution is 5.60. The van der Waals surface area contributed by atoms with Crippen LogP contribution in [0.2, 0.25) is 0 Å². The van der Waals surface area contributed by atoms with Crippen LogP contribution in [0, 0.1) is 29.6 Å². The van der Waals surface area contributed by atoms with Gasteiger partial charge in [-0.3, -0.25) is 4.90 Å². The maximum absolute atomic E-state index is 12.6. The fourth-order valence-corrected chi connectivity index (χ4v) is 8.30. The van der Waals surface area contributed by atoms with Gasteiger partial charge < -0.3 is 20.1 Å². The van der Waals surface area contributed by atoms with Gasteiger partial charge in [0.1, 0.15) is 11.7 Å². The number of nitrogens with zero attached hydrogens (tertiary/aromatic N) is 1. The van der Waals surface area contributed by atoms with Crippen molar-refractivity contribution in [3.8, 4) is 11.5 Å². The number of ether oxygens (including phenoxy) is 1. The zero-order valence-electron chi connectivity index (χ0n) is 23.1. The summed E-state index contributed by atoms with van der Waals surface area (Å²) >= 11 is 0. The second-order valence-corrected chi connectivity index (χ2v) is 13.9. The van der Waals surface area contributed by atoms with E-state index in [0.29, 0.717) is 18.6 Å². The third kappa shape index (κ3) is 3.16. The largest absolute Gasteiger partial charge is 0.504 e. The van der Waals surface area contributed by atoms with Gasteiger partial charge in [0.25, 0.3) is 0 Å². The molecule has 5 heteroatoms. The number of aromatic hydroxyl groups is 1. The van der Waals surface area contributed by atoms with Gasteiger partial charge in [-0.2, -0.15) is 0 Å².